The number of aromatic nitrogens is 2. The van der Waals surface area contributed by atoms with Gasteiger partial charge in [-0.1, -0.05) is 27.7 Å². The molecule has 4 rings (SSSR count). The van der Waals surface area contributed by atoms with Crippen molar-refractivity contribution in [3.8, 4) is 17.3 Å². The fourth-order valence-electron chi connectivity index (χ4n) is 4.39. The van der Waals surface area contributed by atoms with E-state index in [9.17, 15) is 5.26 Å². The molecule has 0 amide bonds. The number of hydrogen-bond donors (Lipinski definition) is 2. The Morgan fingerprint density at radius 2 is 1.56 bits per heavy atom. The number of benzene rings is 1. The number of nitrogens with two attached hydrogens (primary N) is 2. The first-order valence-corrected chi connectivity index (χ1v) is 9.41. The molecule has 0 saturated carbocycles. The number of nitriles is 1. The maximum Gasteiger partial charge on any atom is 0.222 e. The van der Waals surface area contributed by atoms with E-state index < -0.39 is 0 Å². The van der Waals surface area contributed by atoms with Crippen LogP contribution in [0.1, 0.15) is 57.2 Å². The number of rotatable bonds is 1. The van der Waals surface area contributed by atoms with Crippen molar-refractivity contribution < 1.29 is 0 Å². The van der Waals surface area contributed by atoms with Crippen LogP contribution in [0.3, 0.4) is 0 Å². The lowest BCUT2D eigenvalue weighted by Gasteiger charge is -2.48. The Morgan fingerprint density at radius 3 is 2.07 bits per heavy atom. The van der Waals surface area contributed by atoms with Crippen LogP contribution in [0.15, 0.2) is 12.1 Å². The van der Waals surface area contributed by atoms with Crippen LogP contribution in [-0.2, 0) is 10.8 Å². The standard InChI is InChI=1S/C21H26N6/c1-20(2)5-7-27-8-6-21(3,4)15-10-12(9-14(20)17(15)27)16-13(11-22)18(23)26-19(24)25-16/h9-10H,5-8H2,1-4H3,(H4,23,24,25,26). The van der Waals surface area contributed by atoms with Crippen LogP contribution >= 0.6 is 0 Å². The van der Waals surface area contributed by atoms with E-state index in [1.165, 1.54) is 16.8 Å². The molecule has 0 fully saturated rings. The van der Waals surface area contributed by atoms with Gasteiger partial charge in [0.05, 0.1) is 5.69 Å². The SMILES string of the molecule is CC1(C)CCN2CCC(C)(C)c3cc(-c4nc(N)nc(N)c4C#N)cc1c32. The second-order valence-corrected chi connectivity index (χ2v) is 8.98. The topological polar surface area (TPSA) is 105 Å². The summed E-state index contributed by atoms with van der Waals surface area (Å²) in [5.74, 6) is 0.222. The van der Waals surface area contributed by atoms with E-state index in [4.69, 9.17) is 11.5 Å². The predicted octanol–water partition coefficient (Wildman–Crippen LogP) is 3.35. The fraction of sp³-hybridized carbons (Fsp3) is 0.476. The molecule has 6 heteroatoms. The molecule has 27 heavy (non-hydrogen) atoms. The van der Waals surface area contributed by atoms with Crippen molar-refractivity contribution in [3.63, 3.8) is 0 Å². The summed E-state index contributed by atoms with van der Waals surface area (Å²) in [4.78, 5) is 10.9. The van der Waals surface area contributed by atoms with E-state index in [-0.39, 0.29) is 28.2 Å². The maximum atomic E-state index is 9.62. The van der Waals surface area contributed by atoms with Crippen LogP contribution in [0.4, 0.5) is 17.5 Å². The molecular formula is C21H26N6. The molecule has 0 unspecified atom stereocenters. The maximum absolute atomic E-state index is 9.62. The van der Waals surface area contributed by atoms with Gasteiger partial charge in [-0.2, -0.15) is 10.2 Å². The number of hydrogen-bond acceptors (Lipinski definition) is 6. The van der Waals surface area contributed by atoms with Crippen molar-refractivity contribution in [1.82, 2.24) is 9.97 Å². The van der Waals surface area contributed by atoms with Crippen LogP contribution in [0, 0.1) is 11.3 Å². The van der Waals surface area contributed by atoms with Gasteiger partial charge < -0.3 is 16.4 Å². The van der Waals surface area contributed by atoms with Gasteiger partial charge in [-0.05, 0) is 46.9 Å². The highest BCUT2D eigenvalue weighted by atomic mass is 15.2. The van der Waals surface area contributed by atoms with Gasteiger partial charge in [0.2, 0.25) is 5.95 Å². The summed E-state index contributed by atoms with van der Waals surface area (Å²) < 4.78 is 0. The number of anilines is 3. The molecule has 0 spiro atoms. The van der Waals surface area contributed by atoms with Crippen LogP contribution in [-0.4, -0.2) is 23.1 Å². The lowest BCUT2D eigenvalue weighted by Crippen LogP contribution is -2.44. The molecule has 3 heterocycles. The lowest BCUT2D eigenvalue weighted by molar-refractivity contribution is 0.402. The fourth-order valence-corrected chi connectivity index (χ4v) is 4.39. The summed E-state index contributed by atoms with van der Waals surface area (Å²) in [5.41, 5.74) is 17.6. The Bertz CT molecular complexity index is 942. The van der Waals surface area contributed by atoms with Crippen LogP contribution in [0.25, 0.3) is 11.3 Å². The molecule has 140 valence electrons. The van der Waals surface area contributed by atoms with Crippen molar-refractivity contribution in [3.05, 3.63) is 28.8 Å². The quantitative estimate of drug-likeness (QED) is 0.806. The monoisotopic (exact) mass is 362 g/mol. The van der Waals surface area contributed by atoms with Gasteiger partial charge in [-0.3, -0.25) is 0 Å². The van der Waals surface area contributed by atoms with E-state index >= 15 is 0 Å². The molecule has 2 aromatic rings. The van der Waals surface area contributed by atoms with Gasteiger partial charge in [0.25, 0.3) is 0 Å². The summed E-state index contributed by atoms with van der Waals surface area (Å²) in [7, 11) is 0. The second-order valence-electron chi connectivity index (χ2n) is 8.98. The first kappa shape index (κ1) is 17.6. The molecule has 0 radical (unpaired) electrons. The second kappa shape index (κ2) is 5.59. The van der Waals surface area contributed by atoms with Gasteiger partial charge in [0.1, 0.15) is 17.5 Å². The van der Waals surface area contributed by atoms with E-state index in [0.29, 0.717) is 5.69 Å². The molecule has 1 aromatic heterocycles. The molecule has 0 atom stereocenters. The zero-order chi connectivity index (χ0) is 19.6. The summed E-state index contributed by atoms with van der Waals surface area (Å²) in [6, 6.07) is 6.51. The molecule has 2 aliphatic rings. The largest absolute Gasteiger partial charge is 0.382 e. The molecular weight excluding hydrogens is 336 g/mol. The highest BCUT2D eigenvalue weighted by molar-refractivity contribution is 5.79. The normalized spacial score (nSPS) is 19.3. The third kappa shape index (κ3) is 2.61. The van der Waals surface area contributed by atoms with Gasteiger partial charge in [-0.25, -0.2) is 4.98 Å². The van der Waals surface area contributed by atoms with E-state index in [1.807, 2.05) is 0 Å². The van der Waals surface area contributed by atoms with Crippen molar-refractivity contribution in [1.29, 1.82) is 5.26 Å². The number of nitrogens with zero attached hydrogens (tertiary/aromatic N) is 4. The van der Waals surface area contributed by atoms with E-state index in [0.717, 1.165) is 31.5 Å². The van der Waals surface area contributed by atoms with Crippen LogP contribution in [0.2, 0.25) is 0 Å². The molecule has 6 nitrogen and oxygen atoms in total. The molecule has 0 aliphatic carbocycles. The minimum Gasteiger partial charge on any atom is -0.382 e. The highest BCUT2D eigenvalue weighted by Crippen LogP contribution is 2.50. The molecule has 2 aliphatic heterocycles. The summed E-state index contributed by atoms with van der Waals surface area (Å²) in [5, 5.41) is 9.62. The average molecular weight is 362 g/mol. The Hall–Kier alpha value is -2.81. The highest BCUT2D eigenvalue weighted by Gasteiger charge is 2.40. The minimum absolute atomic E-state index is 0.0565. The first-order chi connectivity index (χ1) is 12.6. The van der Waals surface area contributed by atoms with Gasteiger partial charge in [-0.15, -0.1) is 0 Å². The third-order valence-electron chi connectivity index (χ3n) is 6.24. The van der Waals surface area contributed by atoms with Crippen molar-refractivity contribution in [2.45, 2.75) is 51.4 Å². The van der Waals surface area contributed by atoms with E-state index in [1.54, 1.807) is 0 Å². The Labute approximate surface area is 160 Å². The van der Waals surface area contributed by atoms with Crippen molar-refractivity contribution in [2.24, 2.45) is 0 Å². The Balaban J connectivity index is 2.06. The smallest absolute Gasteiger partial charge is 0.222 e. The lowest BCUT2D eigenvalue weighted by atomic mass is 9.69. The summed E-state index contributed by atoms with van der Waals surface area (Å²) >= 11 is 0. The minimum atomic E-state index is 0.0565. The zero-order valence-corrected chi connectivity index (χ0v) is 16.4. The molecule has 1 aromatic carbocycles. The van der Waals surface area contributed by atoms with Gasteiger partial charge >= 0.3 is 0 Å². The Kier molecular flexibility index (Phi) is 3.64. The van der Waals surface area contributed by atoms with Gasteiger partial charge in [0.15, 0.2) is 0 Å². The molecule has 4 N–H and O–H groups in total. The average Bonchev–Trinajstić information content (AvgIpc) is 2.59. The summed E-state index contributed by atoms with van der Waals surface area (Å²) in [6.45, 7) is 11.3. The third-order valence-corrected chi connectivity index (χ3v) is 6.24. The van der Waals surface area contributed by atoms with Crippen LogP contribution in [0.5, 0.6) is 0 Å². The zero-order valence-electron chi connectivity index (χ0n) is 16.4. The van der Waals surface area contributed by atoms with Crippen molar-refractivity contribution in [2.75, 3.05) is 29.5 Å². The first-order valence-electron chi connectivity index (χ1n) is 9.41. The van der Waals surface area contributed by atoms with Crippen LogP contribution < -0.4 is 16.4 Å². The van der Waals surface area contributed by atoms with Crippen molar-refractivity contribution >= 4 is 17.5 Å². The predicted molar refractivity (Wildman–Crippen MR) is 109 cm³/mol. The molecule has 0 saturated heterocycles. The van der Waals surface area contributed by atoms with Gasteiger partial charge in [0, 0.05) is 24.3 Å². The Morgan fingerprint density at radius 1 is 1.00 bits per heavy atom. The summed E-state index contributed by atoms with van der Waals surface area (Å²) in [6.07, 6.45) is 2.20. The number of nitrogen functional groups attached to an aromatic ring is 2. The molecule has 0 bridgehead atoms. The van der Waals surface area contributed by atoms with E-state index in [2.05, 4.69) is 60.8 Å².